The van der Waals surface area contributed by atoms with E-state index in [1.165, 1.54) is 6.20 Å². The van der Waals surface area contributed by atoms with E-state index in [0.717, 1.165) is 25.2 Å². The molecular weight excluding hydrogens is 298 g/mol. The molecule has 0 radical (unpaired) electrons. The van der Waals surface area contributed by atoms with Gasteiger partial charge in [0.25, 0.3) is 0 Å². The third-order valence-electron chi connectivity index (χ3n) is 4.11. The molecular formula is C12H19N3O3S2. The third-order valence-corrected chi connectivity index (χ3v) is 7.53. The lowest BCUT2D eigenvalue weighted by Gasteiger charge is -2.37. The van der Waals surface area contributed by atoms with E-state index in [1.54, 1.807) is 23.0 Å². The molecule has 0 saturated carbocycles. The molecule has 0 aliphatic carbocycles. The molecule has 1 aromatic rings. The predicted molar refractivity (Wildman–Crippen MR) is 77.1 cm³/mol. The van der Waals surface area contributed by atoms with Crippen LogP contribution in [-0.2, 0) is 21.8 Å². The predicted octanol–water partition coefficient (Wildman–Crippen LogP) is 0.973. The number of thioether (sulfide) groups is 1. The van der Waals surface area contributed by atoms with Gasteiger partial charge in [0, 0.05) is 25.9 Å². The first-order valence-corrected chi connectivity index (χ1v) is 9.14. The Kier molecular flexibility index (Phi) is 3.60. The van der Waals surface area contributed by atoms with E-state index in [4.69, 9.17) is 4.74 Å². The Bertz CT molecular complexity index is 595. The zero-order chi connectivity index (χ0) is 14.4. The summed E-state index contributed by atoms with van der Waals surface area (Å²) in [7, 11) is -1.68. The molecule has 0 N–H and O–H groups in total. The van der Waals surface area contributed by atoms with Crippen LogP contribution in [0.3, 0.4) is 0 Å². The number of rotatable bonds is 2. The highest BCUT2D eigenvalue weighted by atomic mass is 32.2. The van der Waals surface area contributed by atoms with Gasteiger partial charge in [0.1, 0.15) is 9.83 Å². The molecule has 0 aromatic carbocycles. The first kappa shape index (κ1) is 14.4. The van der Waals surface area contributed by atoms with Gasteiger partial charge >= 0.3 is 0 Å². The van der Waals surface area contributed by atoms with E-state index in [-0.39, 0.29) is 4.93 Å². The van der Waals surface area contributed by atoms with Crippen LogP contribution >= 0.6 is 11.8 Å². The molecule has 112 valence electrons. The lowest BCUT2D eigenvalue weighted by molar-refractivity contribution is 0.0162. The summed E-state index contributed by atoms with van der Waals surface area (Å²) in [5, 5.41) is 4.03. The standard InChI is InChI=1S/C12H19N3O3S2/c1-10-11(9-13-14(10)2)20(16,17)15-5-3-12(4-6-15)18-7-8-19-12/h9H,3-8H2,1-2H3. The minimum Gasteiger partial charge on any atom is -0.363 e. The van der Waals surface area contributed by atoms with Gasteiger partial charge in [0.05, 0.1) is 18.5 Å². The van der Waals surface area contributed by atoms with Crippen LogP contribution < -0.4 is 0 Å². The van der Waals surface area contributed by atoms with Gasteiger partial charge in [-0.15, -0.1) is 11.8 Å². The lowest BCUT2D eigenvalue weighted by Crippen LogP contribution is -2.45. The monoisotopic (exact) mass is 317 g/mol. The Labute approximate surface area is 123 Å². The van der Waals surface area contributed by atoms with Crippen molar-refractivity contribution < 1.29 is 13.2 Å². The lowest BCUT2D eigenvalue weighted by atomic mass is 10.1. The second kappa shape index (κ2) is 5.01. The zero-order valence-electron chi connectivity index (χ0n) is 11.7. The largest absolute Gasteiger partial charge is 0.363 e. The highest BCUT2D eigenvalue weighted by Gasteiger charge is 2.42. The van der Waals surface area contributed by atoms with Gasteiger partial charge in [-0.2, -0.15) is 9.40 Å². The van der Waals surface area contributed by atoms with Crippen LogP contribution in [0.4, 0.5) is 0 Å². The zero-order valence-corrected chi connectivity index (χ0v) is 13.3. The van der Waals surface area contributed by atoms with Crippen LogP contribution in [0.5, 0.6) is 0 Å². The Balaban J connectivity index is 1.78. The Hall–Kier alpha value is -0.570. The van der Waals surface area contributed by atoms with Crippen LogP contribution in [-0.4, -0.2) is 52.9 Å². The highest BCUT2D eigenvalue weighted by molar-refractivity contribution is 8.00. The molecule has 0 unspecified atom stereocenters. The quantitative estimate of drug-likeness (QED) is 0.813. The van der Waals surface area contributed by atoms with Crippen molar-refractivity contribution in [2.24, 2.45) is 7.05 Å². The summed E-state index contributed by atoms with van der Waals surface area (Å²) >= 11 is 1.82. The van der Waals surface area contributed by atoms with Gasteiger partial charge < -0.3 is 4.74 Å². The second-order valence-corrected chi connectivity index (χ2v) is 8.58. The van der Waals surface area contributed by atoms with Crippen molar-refractivity contribution in [3.8, 4) is 0 Å². The molecule has 2 fully saturated rings. The molecule has 20 heavy (non-hydrogen) atoms. The van der Waals surface area contributed by atoms with Crippen molar-refractivity contribution >= 4 is 21.8 Å². The number of hydrogen-bond donors (Lipinski definition) is 0. The molecule has 1 spiro atoms. The SMILES string of the molecule is Cc1c(S(=O)(=O)N2CCC3(CC2)OCCS3)cnn1C. The number of nitrogens with zero attached hydrogens (tertiary/aromatic N) is 3. The number of piperidine rings is 1. The summed E-state index contributed by atoms with van der Waals surface area (Å²) in [5.41, 5.74) is 0.678. The van der Waals surface area contributed by atoms with E-state index < -0.39 is 10.0 Å². The van der Waals surface area contributed by atoms with Gasteiger partial charge in [0.2, 0.25) is 10.0 Å². The maximum Gasteiger partial charge on any atom is 0.246 e. The Morgan fingerprint density at radius 3 is 2.60 bits per heavy atom. The van der Waals surface area contributed by atoms with Crippen LogP contribution in [0.2, 0.25) is 0 Å². The normalized spacial score (nSPS) is 23.5. The fourth-order valence-corrected chi connectivity index (χ4v) is 5.53. The van der Waals surface area contributed by atoms with E-state index in [2.05, 4.69) is 5.10 Å². The molecule has 6 nitrogen and oxygen atoms in total. The maximum absolute atomic E-state index is 12.6. The highest BCUT2D eigenvalue weighted by Crippen LogP contribution is 2.42. The van der Waals surface area contributed by atoms with Gasteiger partial charge in [0.15, 0.2) is 0 Å². The molecule has 2 aliphatic rings. The third kappa shape index (κ3) is 2.28. The van der Waals surface area contributed by atoms with Crippen molar-refractivity contribution in [2.45, 2.75) is 29.6 Å². The van der Waals surface area contributed by atoms with Crippen molar-refractivity contribution in [3.63, 3.8) is 0 Å². The van der Waals surface area contributed by atoms with Gasteiger partial charge in [-0.3, -0.25) is 4.68 Å². The number of sulfonamides is 1. The molecule has 0 atom stereocenters. The number of aromatic nitrogens is 2. The fourth-order valence-electron chi connectivity index (χ4n) is 2.72. The molecule has 3 heterocycles. The summed E-state index contributed by atoms with van der Waals surface area (Å²) in [6.45, 7) is 3.59. The van der Waals surface area contributed by atoms with Gasteiger partial charge in [-0.05, 0) is 19.8 Å². The summed E-state index contributed by atoms with van der Waals surface area (Å²) in [5.74, 6) is 1.01. The second-order valence-electron chi connectivity index (χ2n) is 5.23. The van der Waals surface area contributed by atoms with Crippen LogP contribution in [0.15, 0.2) is 11.1 Å². The van der Waals surface area contributed by atoms with E-state index in [0.29, 0.717) is 23.7 Å². The van der Waals surface area contributed by atoms with Crippen LogP contribution in [0, 0.1) is 6.92 Å². The Morgan fingerprint density at radius 1 is 1.40 bits per heavy atom. The Morgan fingerprint density at radius 2 is 2.10 bits per heavy atom. The van der Waals surface area contributed by atoms with Crippen LogP contribution in [0.25, 0.3) is 0 Å². The molecule has 0 amide bonds. The number of aryl methyl sites for hydroxylation is 1. The van der Waals surface area contributed by atoms with Crippen molar-refractivity contribution in [3.05, 3.63) is 11.9 Å². The average molecular weight is 317 g/mol. The smallest absolute Gasteiger partial charge is 0.246 e. The van der Waals surface area contributed by atoms with Gasteiger partial charge in [-0.25, -0.2) is 8.42 Å². The van der Waals surface area contributed by atoms with E-state index >= 15 is 0 Å². The first-order chi connectivity index (χ1) is 9.45. The van der Waals surface area contributed by atoms with Crippen LogP contribution in [0.1, 0.15) is 18.5 Å². The molecule has 1 aromatic heterocycles. The summed E-state index contributed by atoms with van der Waals surface area (Å²) in [6, 6.07) is 0. The van der Waals surface area contributed by atoms with Gasteiger partial charge in [-0.1, -0.05) is 0 Å². The molecule has 8 heteroatoms. The average Bonchev–Trinajstić information content (AvgIpc) is 2.99. The molecule has 0 bridgehead atoms. The summed E-state index contributed by atoms with van der Waals surface area (Å²) < 4.78 is 34.3. The maximum atomic E-state index is 12.6. The minimum absolute atomic E-state index is 0.143. The van der Waals surface area contributed by atoms with Crippen molar-refractivity contribution in [1.82, 2.24) is 14.1 Å². The topological polar surface area (TPSA) is 64.4 Å². The summed E-state index contributed by atoms with van der Waals surface area (Å²) in [6.07, 6.45) is 2.96. The number of hydrogen-bond acceptors (Lipinski definition) is 5. The minimum atomic E-state index is -3.43. The molecule has 3 rings (SSSR count). The number of ether oxygens (including phenoxy) is 1. The fraction of sp³-hybridized carbons (Fsp3) is 0.750. The van der Waals surface area contributed by atoms with E-state index in [1.807, 2.05) is 11.8 Å². The van der Waals surface area contributed by atoms with Crippen molar-refractivity contribution in [1.29, 1.82) is 0 Å². The summed E-state index contributed by atoms with van der Waals surface area (Å²) in [4.78, 5) is 0.173. The molecule has 2 aliphatic heterocycles. The van der Waals surface area contributed by atoms with E-state index in [9.17, 15) is 8.42 Å². The molecule has 2 saturated heterocycles. The first-order valence-electron chi connectivity index (χ1n) is 6.71. The van der Waals surface area contributed by atoms with Crippen molar-refractivity contribution in [2.75, 3.05) is 25.4 Å².